The highest BCUT2D eigenvalue weighted by molar-refractivity contribution is 6.32. The van der Waals surface area contributed by atoms with Gasteiger partial charge >= 0.3 is 0 Å². The molecule has 26 heavy (non-hydrogen) atoms. The van der Waals surface area contributed by atoms with Crippen LogP contribution in [0.4, 0.5) is 0 Å². The van der Waals surface area contributed by atoms with Crippen LogP contribution in [0.2, 0.25) is 0 Å². The maximum atomic E-state index is 13.4. The molecule has 5 rings (SSSR count). The second kappa shape index (κ2) is 5.50. The van der Waals surface area contributed by atoms with Gasteiger partial charge in [-0.2, -0.15) is 0 Å². The van der Waals surface area contributed by atoms with Gasteiger partial charge in [-0.15, -0.1) is 0 Å². The van der Waals surface area contributed by atoms with Crippen molar-refractivity contribution in [2.24, 2.45) is 11.3 Å². The Hall–Kier alpha value is -3.00. The van der Waals surface area contributed by atoms with Gasteiger partial charge < -0.3 is 0 Å². The largest absolute Gasteiger partial charge is 0.293 e. The van der Waals surface area contributed by atoms with E-state index in [2.05, 4.69) is 12.1 Å². The molecule has 0 heterocycles. The molecule has 0 amide bonds. The molecule has 0 unspecified atom stereocenters. The van der Waals surface area contributed by atoms with E-state index in [1.165, 1.54) is 5.56 Å². The summed E-state index contributed by atoms with van der Waals surface area (Å²) in [6, 6.07) is 27.5. The van der Waals surface area contributed by atoms with E-state index < -0.39 is 5.41 Å². The van der Waals surface area contributed by atoms with Gasteiger partial charge in [-0.25, -0.2) is 0 Å². The van der Waals surface area contributed by atoms with Crippen molar-refractivity contribution in [2.75, 3.05) is 0 Å². The Morgan fingerprint density at radius 2 is 1.15 bits per heavy atom. The number of benzene rings is 3. The standard InChI is InChI=1S/C24H18O2/c25-22-18-13-7-8-14-19(18)23(26)24(22)20(15-16-9-3-1-4-10-16)21(24)17-11-5-2-6-12-17/h1-14,20-21H,15H2/t20-,21-/m0/s1. The minimum atomic E-state index is -0.916. The summed E-state index contributed by atoms with van der Waals surface area (Å²) in [6.45, 7) is 0. The molecule has 0 aromatic heterocycles. The minimum Gasteiger partial charge on any atom is -0.293 e. The maximum Gasteiger partial charge on any atom is 0.178 e. The smallest absolute Gasteiger partial charge is 0.178 e. The Morgan fingerprint density at radius 1 is 0.654 bits per heavy atom. The highest BCUT2D eigenvalue weighted by Crippen LogP contribution is 2.70. The van der Waals surface area contributed by atoms with Crippen molar-refractivity contribution in [3.63, 3.8) is 0 Å². The molecule has 0 radical (unpaired) electrons. The van der Waals surface area contributed by atoms with E-state index in [4.69, 9.17) is 0 Å². The second-order valence-corrected chi connectivity index (χ2v) is 7.26. The van der Waals surface area contributed by atoms with Crippen LogP contribution in [0.3, 0.4) is 0 Å². The van der Waals surface area contributed by atoms with Crippen LogP contribution < -0.4 is 0 Å². The van der Waals surface area contributed by atoms with E-state index >= 15 is 0 Å². The Bertz CT molecular complexity index is 970. The van der Waals surface area contributed by atoms with Crippen molar-refractivity contribution < 1.29 is 9.59 Å². The van der Waals surface area contributed by atoms with Gasteiger partial charge in [0.25, 0.3) is 0 Å². The van der Waals surface area contributed by atoms with Crippen LogP contribution in [0.1, 0.15) is 37.8 Å². The summed E-state index contributed by atoms with van der Waals surface area (Å²) in [5.74, 6) is -0.0169. The molecule has 2 atom stereocenters. The predicted molar refractivity (Wildman–Crippen MR) is 100 cm³/mol. The molecule has 1 fully saturated rings. The molecular formula is C24H18O2. The Kier molecular flexibility index (Phi) is 3.23. The molecule has 1 saturated carbocycles. The average molecular weight is 338 g/mol. The SMILES string of the molecule is O=C1c2ccccc2C(=O)C12[C@@H](Cc1ccccc1)[C@@H]2c1ccccc1. The highest BCUT2D eigenvalue weighted by Gasteiger charge is 2.76. The van der Waals surface area contributed by atoms with Crippen molar-refractivity contribution >= 4 is 11.6 Å². The first-order valence-corrected chi connectivity index (χ1v) is 9.02. The summed E-state index contributed by atoms with van der Waals surface area (Å²) in [4.78, 5) is 26.7. The number of hydrogen-bond acceptors (Lipinski definition) is 2. The van der Waals surface area contributed by atoms with Crippen molar-refractivity contribution in [1.29, 1.82) is 0 Å². The van der Waals surface area contributed by atoms with Crippen molar-refractivity contribution in [2.45, 2.75) is 12.3 Å². The molecule has 2 aliphatic carbocycles. The van der Waals surface area contributed by atoms with Crippen LogP contribution in [0.25, 0.3) is 0 Å². The molecular weight excluding hydrogens is 320 g/mol. The summed E-state index contributed by atoms with van der Waals surface area (Å²) >= 11 is 0. The number of Topliss-reactive ketones (excluding diaryl/α,β-unsaturated/α-hetero) is 2. The van der Waals surface area contributed by atoms with E-state index in [9.17, 15) is 9.59 Å². The molecule has 2 heteroatoms. The number of rotatable bonds is 3. The van der Waals surface area contributed by atoms with Crippen LogP contribution in [0, 0.1) is 11.3 Å². The second-order valence-electron chi connectivity index (χ2n) is 7.26. The minimum absolute atomic E-state index is 0.00730. The highest BCUT2D eigenvalue weighted by atomic mass is 16.2. The van der Waals surface area contributed by atoms with Crippen molar-refractivity contribution in [3.05, 3.63) is 107 Å². The van der Waals surface area contributed by atoms with Gasteiger partial charge in [0.05, 0.1) is 0 Å². The van der Waals surface area contributed by atoms with E-state index in [0.29, 0.717) is 11.1 Å². The summed E-state index contributed by atoms with van der Waals surface area (Å²) in [7, 11) is 0. The van der Waals surface area contributed by atoms with Gasteiger partial charge in [0.2, 0.25) is 0 Å². The lowest BCUT2D eigenvalue weighted by molar-refractivity contribution is 0.0795. The predicted octanol–water partition coefficient (Wildman–Crippen LogP) is 4.71. The summed E-state index contributed by atoms with van der Waals surface area (Å²) in [6.07, 6.45) is 0.742. The van der Waals surface area contributed by atoms with Crippen LogP contribution in [-0.4, -0.2) is 11.6 Å². The number of fused-ring (bicyclic) bond motifs is 1. The van der Waals surface area contributed by atoms with E-state index in [-0.39, 0.29) is 23.4 Å². The number of ketones is 2. The monoisotopic (exact) mass is 338 g/mol. The zero-order chi connectivity index (χ0) is 17.7. The van der Waals surface area contributed by atoms with Gasteiger partial charge in [-0.05, 0) is 23.5 Å². The molecule has 2 nitrogen and oxygen atoms in total. The summed E-state index contributed by atoms with van der Waals surface area (Å²) in [5.41, 5.74) is 2.53. The van der Waals surface area contributed by atoms with E-state index in [1.54, 1.807) is 12.1 Å². The van der Waals surface area contributed by atoms with Crippen LogP contribution in [0.15, 0.2) is 84.9 Å². The molecule has 0 bridgehead atoms. The van der Waals surface area contributed by atoms with E-state index in [1.807, 2.05) is 60.7 Å². The fraction of sp³-hybridized carbons (Fsp3) is 0.167. The van der Waals surface area contributed by atoms with E-state index in [0.717, 1.165) is 12.0 Å². The third kappa shape index (κ3) is 1.93. The summed E-state index contributed by atoms with van der Waals surface area (Å²) in [5, 5.41) is 0. The molecule has 1 spiro atoms. The summed E-state index contributed by atoms with van der Waals surface area (Å²) < 4.78 is 0. The van der Waals surface area contributed by atoms with Crippen LogP contribution in [-0.2, 0) is 6.42 Å². The quantitative estimate of drug-likeness (QED) is 0.648. The Balaban J connectivity index is 1.62. The molecule has 0 saturated heterocycles. The lowest BCUT2D eigenvalue weighted by atomic mass is 9.92. The van der Waals surface area contributed by atoms with Crippen molar-refractivity contribution in [3.8, 4) is 0 Å². The van der Waals surface area contributed by atoms with Crippen LogP contribution in [0.5, 0.6) is 0 Å². The van der Waals surface area contributed by atoms with Crippen LogP contribution >= 0.6 is 0 Å². The topological polar surface area (TPSA) is 34.1 Å². The maximum absolute atomic E-state index is 13.4. The number of hydrogen-bond donors (Lipinski definition) is 0. The number of carbonyl (C=O) groups is 2. The fourth-order valence-electron chi connectivity index (χ4n) is 4.81. The first-order chi connectivity index (χ1) is 12.7. The lowest BCUT2D eigenvalue weighted by Gasteiger charge is -2.07. The number of carbonyl (C=O) groups excluding carboxylic acids is 2. The molecule has 126 valence electrons. The Morgan fingerprint density at radius 3 is 1.73 bits per heavy atom. The normalized spacial score (nSPS) is 22.5. The fourth-order valence-corrected chi connectivity index (χ4v) is 4.81. The molecule has 2 aliphatic rings. The van der Waals surface area contributed by atoms with Gasteiger partial charge in [-0.3, -0.25) is 9.59 Å². The molecule has 0 N–H and O–H groups in total. The first kappa shape index (κ1) is 15.3. The Labute approximate surface area is 152 Å². The van der Waals surface area contributed by atoms with Crippen molar-refractivity contribution in [1.82, 2.24) is 0 Å². The third-order valence-electron chi connectivity index (χ3n) is 5.99. The van der Waals surface area contributed by atoms with Gasteiger partial charge in [0.15, 0.2) is 11.6 Å². The van der Waals surface area contributed by atoms with Gasteiger partial charge in [0, 0.05) is 17.0 Å². The van der Waals surface area contributed by atoms with Gasteiger partial charge in [0.1, 0.15) is 5.41 Å². The third-order valence-corrected chi connectivity index (χ3v) is 5.99. The zero-order valence-corrected chi connectivity index (χ0v) is 14.3. The molecule has 3 aromatic carbocycles. The first-order valence-electron chi connectivity index (χ1n) is 9.02. The zero-order valence-electron chi connectivity index (χ0n) is 14.3. The van der Waals surface area contributed by atoms with Gasteiger partial charge in [-0.1, -0.05) is 84.9 Å². The lowest BCUT2D eigenvalue weighted by Crippen LogP contribution is -2.21. The molecule has 0 aliphatic heterocycles. The average Bonchev–Trinajstić information content (AvgIpc) is 3.31. The molecule has 3 aromatic rings.